The highest BCUT2D eigenvalue weighted by atomic mass is 19.1. The summed E-state index contributed by atoms with van der Waals surface area (Å²) in [6.45, 7) is 15.5. The molecule has 2 aromatic heterocycles. The molecule has 2 aliphatic heterocycles. The number of amides is 1. The number of carboxylic acid groups (broad SMARTS) is 1. The maximum atomic E-state index is 12.2. The molecule has 0 unspecified atom stereocenters. The summed E-state index contributed by atoms with van der Waals surface area (Å²) in [6, 6.07) is 14.5. The van der Waals surface area contributed by atoms with Crippen molar-refractivity contribution in [3.8, 4) is 11.5 Å². The number of halogens is 1. The minimum absolute atomic E-state index is 0.0232. The van der Waals surface area contributed by atoms with E-state index < -0.39 is 77.0 Å². The molecule has 0 bridgehead atoms. The standard InChI is InChI=1S/C26H33N3O7.C13H16N2O6.C13H19NO2.CH3F/c1-5-20-19(30)14-22(36-20)29-15-17(23(32)28-25(29)34)8-11-21(31)27-13-12-16-6-9-18(10-7-16)35-24(33)26(2,3)4;1-2-9-8(16)5-10(21-9)15-6-7(3-4-11(17)18)12(19)14-13(15)20;1-13(2,3)12(15)16-11-6-4-10(5-7-11)8-9-14;1-2/h6-11,15,19-20,22,30H,5,12-14H2,1-4H3,(H,27,31)(H,28,32,34);3-4,6,8-10,16H,2,5H2,1H3,(H,17,18)(H,14,19,20);4-7H,8-9,14H2,1-3H3;1H3/b11-8+;4-3+;;/t19-,20-,22-;8-,9-,10-;;/m11../s1/i;;;1D. The van der Waals surface area contributed by atoms with E-state index in [1.807, 2.05) is 58.9 Å². The monoisotopic (exact) mass is 1050 g/mol. The highest BCUT2D eigenvalue weighted by Crippen LogP contribution is 2.30. The lowest BCUT2D eigenvalue weighted by atomic mass is 9.97. The highest BCUT2D eigenvalue weighted by molar-refractivity contribution is 5.91. The molecule has 8 N–H and O–H groups in total. The second kappa shape index (κ2) is 29.1. The Morgan fingerprint density at radius 2 is 1.12 bits per heavy atom. The van der Waals surface area contributed by atoms with Crippen molar-refractivity contribution < 1.29 is 59.2 Å². The van der Waals surface area contributed by atoms with Crippen LogP contribution in [-0.4, -0.2) is 103 Å². The molecule has 4 heterocycles. The van der Waals surface area contributed by atoms with Gasteiger partial charge in [0.2, 0.25) is 5.91 Å². The first-order chi connectivity index (χ1) is 35.7. The van der Waals surface area contributed by atoms with Gasteiger partial charge in [0.1, 0.15) is 24.0 Å². The number of benzene rings is 2. The van der Waals surface area contributed by atoms with E-state index in [-0.39, 0.29) is 48.1 Å². The van der Waals surface area contributed by atoms with Crippen LogP contribution < -0.4 is 43.0 Å². The number of hydrogen-bond acceptors (Lipinski definition) is 15. The molecule has 0 radical (unpaired) electrons. The molecule has 2 fully saturated rings. The number of nitrogens with zero attached hydrogens (tertiary/aromatic N) is 2. The molecule has 2 aliphatic rings. The van der Waals surface area contributed by atoms with E-state index in [0.29, 0.717) is 43.9 Å². The molecule has 0 saturated carbocycles. The summed E-state index contributed by atoms with van der Waals surface area (Å²) in [5, 5.41) is 31.2. The van der Waals surface area contributed by atoms with Gasteiger partial charge in [-0.25, -0.2) is 14.4 Å². The van der Waals surface area contributed by atoms with Crippen molar-refractivity contribution in [2.45, 2.75) is 131 Å². The topological polar surface area (TPSA) is 314 Å². The number of aromatic nitrogens is 4. The number of H-pyrrole nitrogens is 2. The summed E-state index contributed by atoms with van der Waals surface area (Å²) in [6.07, 6.45) is 6.54. The van der Waals surface area contributed by atoms with Gasteiger partial charge >= 0.3 is 29.3 Å². The van der Waals surface area contributed by atoms with E-state index in [4.69, 9.17) is 31.2 Å². The number of nitrogens with two attached hydrogens (primary N) is 1. The molecule has 2 aromatic carbocycles. The number of carbonyl (C=O) groups excluding carboxylic acids is 3. The number of nitrogens with one attached hydrogen (secondary N) is 3. The summed E-state index contributed by atoms with van der Waals surface area (Å²) in [4.78, 5) is 98.4. The molecule has 1 amide bonds. The second-order valence-corrected chi connectivity index (χ2v) is 19.3. The van der Waals surface area contributed by atoms with E-state index in [2.05, 4.69) is 15.3 Å². The molecule has 22 heteroatoms. The number of aliphatic carboxylic acids is 1. The average Bonchev–Trinajstić information content (AvgIpc) is 3.92. The second-order valence-electron chi connectivity index (χ2n) is 19.3. The van der Waals surface area contributed by atoms with Gasteiger partial charge in [-0.2, -0.15) is 0 Å². The zero-order valence-electron chi connectivity index (χ0n) is 44.5. The minimum atomic E-state index is -1.20. The van der Waals surface area contributed by atoms with Gasteiger partial charge in [0.25, 0.3) is 11.1 Å². The van der Waals surface area contributed by atoms with Crippen LogP contribution in [0.1, 0.15) is 117 Å². The number of hydrogen-bond donors (Lipinski definition) is 7. The smallest absolute Gasteiger partial charge is 0.330 e. The van der Waals surface area contributed by atoms with Crippen LogP contribution in [-0.2, 0) is 41.5 Å². The zero-order chi connectivity index (χ0) is 56.9. The molecule has 6 atom stereocenters. The van der Waals surface area contributed by atoms with Gasteiger partial charge in [0, 0.05) is 43.9 Å². The molecule has 2 saturated heterocycles. The van der Waals surface area contributed by atoms with Crippen LogP contribution in [0.2, 0.25) is 0 Å². The fraction of sp³-hybridized carbons (Fsp3) is 0.472. The van der Waals surface area contributed by atoms with Gasteiger partial charge in [-0.1, -0.05) is 38.1 Å². The number of ether oxygens (including phenoxy) is 4. The zero-order valence-corrected chi connectivity index (χ0v) is 43.5. The lowest BCUT2D eigenvalue weighted by Crippen LogP contribution is -2.33. The molecule has 410 valence electrons. The minimum Gasteiger partial charge on any atom is -0.478 e. The van der Waals surface area contributed by atoms with Crippen LogP contribution in [0.25, 0.3) is 12.2 Å². The Balaban J connectivity index is 0.000000321. The number of aliphatic hydroxyl groups excluding tert-OH is 2. The number of carboxylic acids is 1. The van der Waals surface area contributed by atoms with Gasteiger partial charge in [-0.3, -0.25) is 47.5 Å². The highest BCUT2D eigenvalue weighted by Gasteiger charge is 2.35. The summed E-state index contributed by atoms with van der Waals surface area (Å²) in [7, 11) is -1.00. The fourth-order valence-corrected chi connectivity index (χ4v) is 7.03. The molecule has 75 heavy (non-hydrogen) atoms. The molecule has 21 nitrogen and oxygen atoms in total. The van der Waals surface area contributed by atoms with Crippen LogP contribution in [0, 0.1) is 10.8 Å². The fourth-order valence-electron chi connectivity index (χ4n) is 7.03. The Kier molecular flexibility index (Phi) is 23.5. The van der Waals surface area contributed by atoms with E-state index in [1.165, 1.54) is 29.1 Å². The molecular formula is C53H71FN6O15. The number of esters is 2. The Morgan fingerprint density at radius 3 is 1.47 bits per heavy atom. The number of aromatic amines is 2. The molecule has 4 aromatic rings. The van der Waals surface area contributed by atoms with Crippen LogP contribution in [0.5, 0.6) is 11.5 Å². The van der Waals surface area contributed by atoms with E-state index in [1.54, 1.807) is 45.0 Å². The normalized spacial score (nSPS) is 19.4. The maximum absolute atomic E-state index is 12.2. The molecule has 0 spiro atoms. The van der Waals surface area contributed by atoms with Gasteiger partial charge in [0.15, 0.2) is 0 Å². The Hall–Kier alpha value is -7.11. The molecular weight excluding hydrogens is 980 g/mol. The van der Waals surface area contributed by atoms with Crippen molar-refractivity contribution in [1.82, 2.24) is 24.4 Å². The molecule has 0 aliphatic carbocycles. The number of rotatable bonds is 15. The Bertz CT molecular complexity index is 2850. The van der Waals surface area contributed by atoms with E-state index >= 15 is 0 Å². The largest absolute Gasteiger partial charge is 0.478 e. The number of aliphatic hydroxyl groups is 2. The van der Waals surface area contributed by atoms with Crippen molar-refractivity contribution in [3.63, 3.8) is 0 Å². The van der Waals surface area contributed by atoms with Gasteiger partial charge < -0.3 is 45.3 Å². The van der Waals surface area contributed by atoms with Crippen molar-refractivity contribution in [1.29, 1.82) is 0 Å². The third-order valence-corrected chi connectivity index (χ3v) is 11.3. The average molecular weight is 1050 g/mol. The molecule has 6 rings (SSSR count). The van der Waals surface area contributed by atoms with Gasteiger partial charge in [0.05, 0.1) is 54.9 Å². The predicted octanol–water partition coefficient (Wildman–Crippen LogP) is 4.34. The van der Waals surface area contributed by atoms with Crippen molar-refractivity contribution in [2.24, 2.45) is 16.6 Å². The first-order valence-electron chi connectivity index (χ1n) is 24.9. The van der Waals surface area contributed by atoms with Crippen molar-refractivity contribution in [3.05, 3.63) is 137 Å². The van der Waals surface area contributed by atoms with Crippen LogP contribution in [0.3, 0.4) is 0 Å². The van der Waals surface area contributed by atoms with E-state index in [0.717, 1.165) is 34.3 Å². The lowest BCUT2D eigenvalue weighted by molar-refractivity contribution is -0.143. The van der Waals surface area contributed by atoms with Crippen LogP contribution >= 0.6 is 0 Å². The summed E-state index contributed by atoms with van der Waals surface area (Å²) >= 11 is 0. The third-order valence-electron chi connectivity index (χ3n) is 11.3. The van der Waals surface area contributed by atoms with Crippen LogP contribution in [0.15, 0.2) is 92.3 Å². The van der Waals surface area contributed by atoms with Crippen molar-refractivity contribution in [2.75, 3.05) is 20.2 Å². The number of alkyl halides is 1. The third kappa shape index (κ3) is 19.6. The summed E-state index contributed by atoms with van der Waals surface area (Å²) < 4.78 is 39.7. The summed E-state index contributed by atoms with van der Waals surface area (Å²) in [5.41, 5.74) is 4.00. The maximum Gasteiger partial charge on any atom is 0.330 e. The Morgan fingerprint density at radius 1 is 0.733 bits per heavy atom. The lowest BCUT2D eigenvalue weighted by Gasteiger charge is -2.16. The SMILES string of the molecule is CC(C)(C)C(=O)Oc1ccc(CCN)cc1.CC[C@H]1O[C@@H](n2cc(/C=C/C(=O)NCCc3ccc(OC(=O)C(C)(C)C)cc3)c(=O)[nH]c2=O)C[C@H]1O.CC[C@H]1O[C@@H](n2cc(/C=C/C(=O)O)c(=O)[nH]c2=O)C[C@H]1O.[2H]CF. The first-order valence-corrected chi connectivity index (χ1v) is 24.2. The van der Waals surface area contributed by atoms with Crippen LogP contribution in [0.4, 0.5) is 4.39 Å². The summed E-state index contributed by atoms with van der Waals surface area (Å²) in [5.74, 6) is -1.10. The van der Waals surface area contributed by atoms with Gasteiger partial charge in [-0.05, 0) is 121 Å². The Labute approximate surface area is 434 Å². The van der Waals surface area contributed by atoms with Gasteiger partial charge in [-0.15, -0.1) is 0 Å². The van der Waals surface area contributed by atoms with E-state index in [9.17, 15) is 53.0 Å². The number of carbonyl (C=O) groups is 4. The first kappa shape index (κ1) is 60.4. The quantitative estimate of drug-likeness (QED) is 0.0495. The predicted molar refractivity (Wildman–Crippen MR) is 278 cm³/mol. The van der Waals surface area contributed by atoms with Crippen molar-refractivity contribution >= 4 is 36.0 Å².